The summed E-state index contributed by atoms with van der Waals surface area (Å²) in [6, 6.07) is 0. The largest absolute Gasteiger partial charge is 0.478 e. The molecule has 1 aliphatic rings. The summed E-state index contributed by atoms with van der Waals surface area (Å²) in [6.07, 6.45) is 7.06. The van der Waals surface area contributed by atoms with Crippen LogP contribution >= 0.6 is 0 Å². The van der Waals surface area contributed by atoms with Crippen LogP contribution in [0.2, 0.25) is 0 Å². The van der Waals surface area contributed by atoms with Crippen molar-refractivity contribution < 1.29 is 9.90 Å². The molecule has 0 aromatic heterocycles. The molecule has 0 aromatic carbocycles. The molecule has 0 bridgehead atoms. The van der Waals surface area contributed by atoms with Gasteiger partial charge in [-0.1, -0.05) is 25.8 Å². The van der Waals surface area contributed by atoms with Gasteiger partial charge >= 0.3 is 5.97 Å². The molecule has 16 heavy (non-hydrogen) atoms. The molecule has 0 atom stereocenters. The van der Waals surface area contributed by atoms with Crippen LogP contribution in [0.1, 0.15) is 39.5 Å². The first-order valence-electron chi connectivity index (χ1n) is 6.20. The average molecular weight is 225 g/mol. The molecule has 0 aliphatic heterocycles. The average Bonchev–Trinajstić information content (AvgIpc) is 2.26. The van der Waals surface area contributed by atoms with Crippen molar-refractivity contribution in [1.29, 1.82) is 0 Å². The predicted octanol–water partition coefficient (Wildman–Crippen LogP) is 2.43. The van der Waals surface area contributed by atoms with Gasteiger partial charge in [0.2, 0.25) is 0 Å². The van der Waals surface area contributed by atoms with Crippen molar-refractivity contribution in [3.05, 3.63) is 11.6 Å². The van der Waals surface area contributed by atoms with E-state index in [2.05, 4.69) is 12.2 Å². The molecule has 1 saturated carbocycles. The minimum Gasteiger partial charge on any atom is -0.478 e. The highest BCUT2D eigenvalue weighted by Crippen LogP contribution is 2.27. The third-order valence-corrected chi connectivity index (χ3v) is 3.46. The second-order valence-corrected chi connectivity index (χ2v) is 4.98. The van der Waals surface area contributed by atoms with Crippen molar-refractivity contribution in [3.63, 3.8) is 0 Å². The van der Waals surface area contributed by atoms with Crippen LogP contribution in [0, 0.1) is 11.8 Å². The van der Waals surface area contributed by atoms with Crippen molar-refractivity contribution in [2.24, 2.45) is 11.8 Å². The summed E-state index contributed by atoms with van der Waals surface area (Å²) in [5.41, 5.74) is 0.421. The fourth-order valence-corrected chi connectivity index (χ4v) is 2.13. The van der Waals surface area contributed by atoms with Crippen LogP contribution in [0.3, 0.4) is 0 Å². The highest BCUT2D eigenvalue weighted by atomic mass is 16.4. The standard InChI is InChI=1S/C13H23NO2/c1-10-3-5-12(6-4-10)9-14-8-7-11(2)13(15)16/h7,10,12,14H,3-6,8-9H2,1-2H3,(H,15,16)/b11-7-. The van der Waals surface area contributed by atoms with Crippen molar-refractivity contribution >= 4 is 5.97 Å². The second kappa shape index (κ2) is 6.69. The summed E-state index contributed by atoms with van der Waals surface area (Å²) >= 11 is 0. The molecule has 0 amide bonds. The predicted molar refractivity (Wildman–Crippen MR) is 65.4 cm³/mol. The van der Waals surface area contributed by atoms with Gasteiger partial charge in [0.1, 0.15) is 0 Å². The van der Waals surface area contributed by atoms with Crippen molar-refractivity contribution in [1.82, 2.24) is 5.32 Å². The Bertz CT molecular complexity index is 253. The smallest absolute Gasteiger partial charge is 0.330 e. The topological polar surface area (TPSA) is 49.3 Å². The Morgan fingerprint density at radius 1 is 1.38 bits per heavy atom. The third kappa shape index (κ3) is 4.79. The Hall–Kier alpha value is -0.830. The van der Waals surface area contributed by atoms with Crippen LogP contribution in [0.4, 0.5) is 0 Å². The van der Waals surface area contributed by atoms with Crippen LogP contribution in [-0.4, -0.2) is 24.2 Å². The number of carboxylic acid groups (broad SMARTS) is 1. The molecule has 3 heteroatoms. The summed E-state index contributed by atoms with van der Waals surface area (Å²) in [7, 11) is 0. The molecule has 3 nitrogen and oxygen atoms in total. The van der Waals surface area contributed by atoms with Gasteiger partial charge in [-0.25, -0.2) is 4.79 Å². The van der Waals surface area contributed by atoms with Gasteiger partial charge in [-0.2, -0.15) is 0 Å². The molecule has 0 heterocycles. The van der Waals surface area contributed by atoms with E-state index in [1.807, 2.05) is 0 Å². The number of carbonyl (C=O) groups is 1. The van der Waals surface area contributed by atoms with Crippen molar-refractivity contribution in [2.45, 2.75) is 39.5 Å². The minimum atomic E-state index is -0.826. The molecule has 0 saturated heterocycles. The van der Waals surface area contributed by atoms with Crippen LogP contribution in [0.25, 0.3) is 0 Å². The molecule has 0 spiro atoms. The Balaban J connectivity index is 2.12. The maximum Gasteiger partial charge on any atom is 0.330 e. The molecule has 1 fully saturated rings. The molecule has 92 valence electrons. The zero-order valence-corrected chi connectivity index (χ0v) is 10.3. The summed E-state index contributed by atoms with van der Waals surface area (Å²) in [5, 5.41) is 12.0. The molecule has 2 N–H and O–H groups in total. The van der Waals surface area contributed by atoms with Gasteiger partial charge in [-0.05, 0) is 38.1 Å². The van der Waals surface area contributed by atoms with Crippen LogP contribution in [0.15, 0.2) is 11.6 Å². The fraction of sp³-hybridized carbons (Fsp3) is 0.769. The minimum absolute atomic E-state index is 0.421. The number of carboxylic acids is 1. The Kier molecular flexibility index (Phi) is 5.53. The van der Waals surface area contributed by atoms with Crippen molar-refractivity contribution in [2.75, 3.05) is 13.1 Å². The monoisotopic (exact) mass is 225 g/mol. The first-order chi connectivity index (χ1) is 7.59. The van der Waals surface area contributed by atoms with Gasteiger partial charge in [-0.15, -0.1) is 0 Å². The first kappa shape index (κ1) is 13.2. The summed E-state index contributed by atoms with van der Waals surface area (Å²) in [4.78, 5) is 10.5. The van der Waals surface area contributed by atoms with Gasteiger partial charge in [0, 0.05) is 12.1 Å². The summed E-state index contributed by atoms with van der Waals surface area (Å²) in [6.45, 7) is 5.65. The van der Waals surface area contributed by atoms with Gasteiger partial charge in [0.05, 0.1) is 0 Å². The van der Waals surface area contributed by atoms with Crippen LogP contribution in [0.5, 0.6) is 0 Å². The van der Waals surface area contributed by atoms with E-state index in [0.717, 1.165) is 18.4 Å². The molecular weight excluding hydrogens is 202 g/mol. The van der Waals surface area contributed by atoms with Gasteiger partial charge in [0.25, 0.3) is 0 Å². The van der Waals surface area contributed by atoms with E-state index in [1.54, 1.807) is 13.0 Å². The van der Waals surface area contributed by atoms with Crippen LogP contribution in [-0.2, 0) is 4.79 Å². The van der Waals surface area contributed by atoms with E-state index in [0.29, 0.717) is 12.1 Å². The van der Waals surface area contributed by atoms with Crippen LogP contribution < -0.4 is 5.32 Å². The Morgan fingerprint density at radius 3 is 2.56 bits per heavy atom. The zero-order chi connectivity index (χ0) is 12.0. The SMILES string of the molecule is C/C(=C/CNCC1CCC(C)CC1)C(=O)O. The number of aliphatic carboxylic acids is 1. The lowest BCUT2D eigenvalue weighted by Gasteiger charge is -2.26. The first-order valence-corrected chi connectivity index (χ1v) is 6.20. The summed E-state index contributed by atoms with van der Waals surface area (Å²) in [5.74, 6) is 0.855. The highest BCUT2D eigenvalue weighted by molar-refractivity contribution is 5.85. The number of hydrogen-bond acceptors (Lipinski definition) is 2. The second-order valence-electron chi connectivity index (χ2n) is 4.98. The molecule has 0 aromatic rings. The Labute approximate surface area is 97.9 Å². The maximum atomic E-state index is 10.5. The fourth-order valence-electron chi connectivity index (χ4n) is 2.13. The van der Waals surface area contributed by atoms with E-state index < -0.39 is 5.97 Å². The van der Waals surface area contributed by atoms with Gasteiger partial charge < -0.3 is 10.4 Å². The lowest BCUT2D eigenvalue weighted by Crippen LogP contribution is -2.26. The number of rotatable bonds is 5. The normalized spacial score (nSPS) is 26.8. The molecular formula is C13H23NO2. The maximum absolute atomic E-state index is 10.5. The van der Waals surface area contributed by atoms with E-state index in [-0.39, 0.29) is 0 Å². The Morgan fingerprint density at radius 2 is 2.00 bits per heavy atom. The highest BCUT2D eigenvalue weighted by Gasteiger charge is 2.17. The third-order valence-electron chi connectivity index (χ3n) is 3.46. The van der Waals surface area contributed by atoms with E-state index in [1.165, 1.54) is 25.7 Å². The molecule has 0 radical (unpaired) electrons. The lowest BCUT2D eigenvalue weighted by molar-refractivity contribution is -0.132. The van der Waals surface area contributed by atoms with E-state index in [4.69, 9.17) is 5.11 Å². The van der Waals surface area contributed by atoms with Crippen molar-refractivity contribution in [3.8, 4) is 0 Å². The quantitative estimate of drug-likeness (QED) is 0.558. The number of hydrogen-bond donors (Lipinski definition) is 2. The van der Waals surface area contributed by atoms with Gasteiger partial charge in [-0.3, -0.25) is 0 Å². The number of nitrogens with one attached hydrogen (secondary N) is 1. The zero-order valence-electron chi connectivity index (χ0n) is 10.3. The van der Waals surface area contributed by atoms with Gasteiger partial charge in [0.15, 0.2) is 0 Å². The molecule has 1 aliphatic carbocycles. The molecule has 0 unspecified atom stereocenters. The van der Waals surface area contributed by atoms with E-state index >= 15 is 0 Å². The summed E-state index contributed by atoms with van der Waals surface area (Å²) < 4.78 is 0. The molecule has 1 rings (SSSR count). The van der Waals surface area contributed by atoms with E-state index in [9.17, 15) is 4.79 Å². The lowest BCUT2D eigenvalue weighted by atomic mass is 9.83.